The molecule has 0 amide bonds. The number of carbonyl (C=O) groups is 1. The zero-order valence-corrected chi connectivity index (χ0v) is 12.4. The Hall–Kier alpha value is -0.830. The van der Waals surface area contributed by atoms with E-state index >= 15 is 0 Å². The second kappa shape index (κ2) is 11.0. The first-order valence-corrected chi connectivity index (χ1v) is 7.56. The van der Waals surface area contributed by atoms with E-state index in [1.54, 1.807) is 6.08 Å². The van der Waals surface area contributed by atoms with Crippen LogP contribution < -0.4 is 0 Å². The number of hydrogen-bond donors (Lipinski definition) is 2. The van der Waals surface area contributed by atoms with Crippen LogP contribution in [0.5, 0.6) is 0 Å². The van der Waals surface area contributed by atoms with Crippen molar-refractivity contribution >= 4 is 5.97 Å². The SMILES string of the molecule is C=CC1(O)CCCCCCCCCCC1.CC(=O)O. The lowest BCUT2D eigenvalue weighted by atomic mass is 9.89. The van der Waals surface area contributed by atoms with Gasteiger partial charge in [-0.15, -0.1) is 6.58 Å². The number of carboxylic acid groups (broad SMARTS) is 1. The van der Waals surface area contributed by atoms with Gasteiger partial charge in [0.15, 0.2) is 0 Å². The van der Waals surface area contributed by atoms with Gasteiger partial charge in [-0.1, -0.05) is 63.9 Å². The lowest BCUT2D eigenvalue weighted by Crippen LogP contribution is -2.25. The van der Waals surface area contributed by atoms with Gasteiger partial charge in [-0.25, -0.2) is 0 Å². The van der Waals surface area contributed by atoms with Crippen LogP contribution in [0, 0.1) is 0 Å². The molecule has 0 saturated heterocycles. The molecule has 3 nitrogen and oxygen atoms in total. The van der Waals surface area contributed by atoms with Gasteiger partial charge in [-0.3, -0.25) is 4.79 Å². The minimum atomic E-state index is -0.833. The Balaban J connectivity index is 0.000000711. The van der Waals surface area contributed by atoms with Crippen LogP contribution in [0.15, 0.2) is 12.7 Å². The molecule has 19 heavy (non-hydrogen) atoms. The summed E-state index contributed by atoms with van der Waals surface area (Å²) in [6.07, 6.45) is 15.3. The van der Waals surface area contributed by atoms with Crippen LogP contribution >= 0.6 is 0 Å². The zero-order valence-electron chi connectivity index (χ0n) is 12.4. The molecule has 3 heteroatoms. The maximum Gasteiger partial charge on any atom is 0.300 e. The number of aliphatic hydroxyl groups is 1. The highest BCUT2D eigenvalue weighted by atomic mass is 16.4. The van der Waals surface area contributed by atoms with Crippen LogP contribution in [0.2, 0.25) is 0 Å². The molecular weight excluding hydrogens is 240 g/mol. The molecule has 0 aromatic rings. The highest BCUT2D eigenvalue weighted by Crippen LogP contribution is 2.25. The molecular formula is C16H30O3. The molecule has 0 aliphatic heterocycles. The van der Waals surface area contributed by atoms with Gasteiger partial charge in [0.1, 0.15) is 0 Å². The van der Waals surface area contributed by atoms with Crippen molar-refractivity contribution in [2.24, 2.45) is 0 Å². The molecule has 0 aromatic heterocycles. The summed E-state index contributed by atoms with van der Waals surface area (Å²) < 4.78 is 0. The summed E-state index contributed by atoms with van der Waals surface area (Å²) in [6, 6.07) is 0. The van der Waals surface area contributed by atoms with Crippen molar-refractivity contribution in [2.45, 2.75) is 83.2 Å². The van der Waals surface area contributed by atoms with E-state index in [1.807, 2.05) is 0 Å². The number of hydrogen-bond acceptors (Lipinski definition) is 2. The number of rotatable bonds is 1. The molecule has 0 aromatic carbocycles. The van der Waals surface area contributed by atoms with Crippen molar-refractivity contribution in [3.8, 4) is 0 Å². The first kappa shape index (κ1) is 18.2. The Bertz CT molecular complexity index is 232. The summed E-state index contributed by atoms with van der Waals surface area (Å²) in [6.45, 7) is 4.86. The average Bonchev–Trinajstić information content (AvgIpc) is 2.33. The summed E-state index contributed by atoms with van der Waals surface area (Å²) in [7, 11) is 0. The second-order valence-electron chi connectivity index (χ2n) is 5.51. The summed E-state index contributed by atoms with van der Waals surface area (Å²) >= 11 is 0. The van der Waals surface area contributed by atoms with Crippen molar-refractivity contribution < 1.29 is 15.0 Å². The maximum absolute atomic E-state index is 10.2. The Morgan fingerprint density at radius 3 is 1.47 bits per heavy atom. The van der Waals surface area contributed by atoms with Crippen molar-refractivity contribution in [3.05, 3.63) is 12.7 Å². The quantitative estimate of drug-likeness (QED) is 0.698. The first-order valence-electron chi connectivity index (χ1n) is 7.56. The fourth-order valence-electron chi connectivity index (χ4n) is 2.43. The number of carboxylic acids is 1. The zero-order chi connectivity index (χ0) is 14.6. The third kappa shape index (κ3) is 12.0. The van der Waals surface area contributed by atoms with E-state index in [-0.39, 0.29) is 0 Å². The summed E-state index contributed by atoms with van der Waals surface area (Å²) in [5.74, 6) is -0.833. The molecule has 0 bridgehead atoms. The minimum Gasteiger partial charge on any atom is -0.481 e. The smallest absolute Gasteiger partial charge is 0.300 e. The standard InChI is InChI=1S/C14H26O.C2H4O2/c1-2-14(15)12-10-8-6-4-3-5-7-9-11-13-14;1-2(3)4/h2,15H,1,3-13H2;1H3,(H,3,4). The molecule has 0 heterocycles. The van der Waals surface area contributed by atoms with Crippen LogP contribution in [0.4, 0.5) is 0 Å². The van der Waals surface area contributed by atoms with Gasteiger partial charge >= 0.3 is 0 Å². The molecule has 112 valence electrons. The van der Waals surface area contributed by atoms with E-state index in [0.29, 0.717) is 0 Å². The Kier molecular flexibility index (Phi) is 10.6. The second-order valence-corrected chi connectivity index (χ2v) is 5.51. The van der Waals surface area contributed by atoms with Gasteiger partial charge in [-0.05, 0) is 12.8 Å². The fraction of sp³-hybridized carbons (Fsp3) is 0.812. The predicted molar refractivity (Wildman–Crippen MR) is 79.2 cm³/mol. The molecule has 0 unspecified atom stereocenters. The van der Waals surface area contributed by atoms with E-state index in [1.165, 1.54) is 44.9 Å². The molecule has 1 aliphatic rings. The van der Waals surface area contributed by atoms with Gasteiger partial charge < -0.3 is 10.2 Å². The summed E-state index contributed by atoms with van der Waals surface area (Å²) in [5.41, 5.74) is -0.570. The van der Waals surface area contributed by atoms with Crippen molar-refractivity contribution in [1.29, 1.82) is 0 Å². The normalized spacial score (nSPS) is 20.9. The van der Waals surface area contributed by atoms with Gasteiger partial charge in [0.2, 0.25) is 0 Å². The fourth-order valence-corrected chi connectivity index (χ4v) is 2.43. The highest BCUT2D eigenvalue weighted by Gasteiger charge is 2.21. The largest absolute Gasteiger partial charge is 0.481 e. The Labute approximate surface area is 117 Å². The monoisotopic (exact) mass is 270 g/mol. The van der Waals surface area contributed by atoms with E-state index < -0.39 is 11.6 Å². The molecule has 1 aliphatic carbocycles. The van der Waals surface area contributed by atoms with Crippen LogP contribution in [0.1, 0.15) is 77.6 Å². The predicted octanol–water partition coefficient (Wildman–Crippen LogP) is 4.30. The van der Waals surface area contributed by atoms with Crippen molar-refractivity contribution in [1.82, 2.24) is 0 Å². The summed E-state index contributed by atoms with van der Waals surface area (Å²) in [4.78, 5) is 9.00. The minimum absolute atomic E-state index is 0.570. The lowest BCUT2D eigenvalue weighted by molar-refractivity contribution is -0.134. The molecule has 2 N–H and O–H groups in total. The van der Waals surface area contributed by atoms with Gasteiger partial charge in [0.25, 0.3) is 5.97 Å². The van der Waals surface area contributed by atoms with E-state index in [9.17, 15) is 5.11 Å². The van der Waals surface area contributed by atoms with Crippen LogP contribution in [0.3, 0.4) is 0 Å². The third-order valence-corrected chi connectivity index (χ3v) is 3.60. The van der Waals surface area contributed by atoms with Crippen LogP contribution in [0.25, 0.3) is 0 Å². The topological polar surface area (TPSA) is 57.5 Å². The van der Waals surface area contributed by atoms with E-state index in [0.717, 1.165) is 32.6 Å². The number of aliphatic carboxylic acids is 1. The summed E-state index contributed by atoms with van der Waals surface area (Å²) in [5, 5.41) is 17.7. The van der Waals surface area contributed by atoms with Crippen molar-refractivity contribution in [3.63, 3.8) is 0 Å². The van der Waals surface area contributed by atoms with Gasteiger partial charge in [0, 0.05) is 6.92 Å². The molecule has 1 rings (SSSR count). The molecule has 0 spiro atoms. The van der Waals surface area contributed by atoms with E-state index in [4.69, 9.17) is 9.90 Å². The maximum atomic E-state index is 10.2. The Morgan fingerprint density at radius 2 is 1.21 bits per heavy atom. The third-order valence-electron chi connectivity index (χ3n) is 3.60. The van der Waals surface area contributed by atoms with Gasteiger partial charge in [-0.2, -0.15) is 0 Å². The molecule has 1 fully saturated rings. The van der Waals surface area contributed by atoms with Crippen LogP contribution in [-0.4, -0.2) is 21.8 Å². The first-order chi connectivity index (χ1) is 9.00. The lowest BCUT2D eigenvalue weighted by Gasteiger charge is -2.24. The van der Waals surface area contributed by atoms with Crippen molar-refractivity contribution in [2.75, 3.05) is 0 Å². The Morgan fingerprint density at radius 1 is 0.947 bits per heavy atom. The molecule has 1 saturated carbocycles. The molecule has 0 radical (unpaired) electrons. The van der Waals surface area contributed by atoms with Gasteiger partial charge in [0.05, 0.1) is 5.60 Å². The van der Waals surface area contributed by atoms with E-state index in [2.05, 4.69) is 6.58 Å². The molecule has 0 atom stereocenters. The average molecular weight is 270 g/mol. The highest BCUT2D eigenvalue weighted by molar-refractivity contribution is 5.62. The van der Waals surface area contributed by atoms with Crippen LogP contribution in [-0.2, 0) is 4.79 Å².